The molecule has 0 saturated carbocycles. The molecule has 0 spiro atoms. The number of rotatable bonds is 5. The summed E-state index contributed by atoms with van der Waals surface area (Å²) < 4.78 is 21.3. The maximum Gasteiger partial charge on any atom is 0.337 e. The van der Waals surface area contributed by atoms with E-state index >= 15 is 0 Å². The topological polar surface area (TPSA) is 150 Å². The van der Waals surface area contributed by atoms with Gasteiger partial charge in [-0.3, -0.25) is 0 Å². The van der Waals surface area contributed by atoms with Gasteiger partial charge in [0, 0.05) is 30.8 Å². The molecular weight excluding hydrogens is 420 g/mol. The number of carboxylic acids is 2. The van der Waals surface area contributed by atoms with E-state index < -0.39 is 11.9 Å². The third-order valence-corrected chi connectivity index (χ3v) is 4.56. The van der Waals surface area contributed by atoms with Crippen molar-refractivity contribution in [3.8, 4) is 23.0 Å². The predicted molar refractivity (Wildman–Crippen MR) is 117 cm³/mol. The summed E-state index contributed by atoms with van der Waals surface area (Å²) in [4.78, 5) is 21.9. The fourth-order valence-corrected chi connectivity index (χ4v) is 3.02. The lowest BCUT2D eigenvalue weighted by Crippen LogP contribution is -2.17. The van der Waals surface area contributed by atoms with Crippen molar-refractivity contribution in [2.45, 2.75) is 13.8 Å². The minimum absolute atomic E-state index is 0.0363. The highest BCUT2D eigenvalue weighted by Crippen LogP contribution is 2.36. The van der Waals surface area contributed by atoms with Crippen LogP contribution in [0.1, 0.15) is 34.6 Å². The molecule has 0 atom stereocenters. The number of nitrogen functional groups attached to an aromatic ring is 1. The Kier molecular flexibility index (Phi) is 7.14. The Labute approximate surface area is 184 Å². The lowest BCUT2D eigenvalue weighted by molar-refractivity contribution is 0.0686. The molecule has 2 aliphatic rings. The number of carboxylic acid groups (broad SMARTS) is 2. The van der Waals surface area contributed by atoms with Crippen LogP contribution in [0.3, 0.4) is 0 Å². The van der Waals surface area contributed by atoms with Crippen LogP contribution >= 0.6 is 0 Å². The minimum atomic E-state index is -1.07. The van der Waals surface area contributed by atoms with Crippen LogP contribution < -0.4 is 30.0 Å². The van der Waals surface area contributed by atoms with E-state index in [9.17, 15) is 14.7 Å². The summed E-state index contributed by atoms with van der Waals surface area (Å²) in [6, 6.07) is 6.06. The van der Waals surface area contributed by atoms with Gasteiger partial charge in [0.25, 0.3) is 0 Å². The van der Waals surface area contributed by atoms with Crippen LogP contribution in [0.2, 0.25) is 0 Å². The molecular formula is C22H26N2O8. The fourth-order valence-electron chi connectivity index (χ4n) is 3.02. The fraction of sp³-hybridized carbons (Fsp3) is 0.364. The molecule has 2 aliphatic heterocycles. The Hall–Kier alpha value is -3.82. The molecule has 2 aromatic carbocycles. The number of fused-ring (bicyclic) bond motifs is 2. The Morgan fingerprint density at radius 2 is 1.28 bits per heavy atom. The second-order valence-electron chi connectivity index (χ2n) is 7.51. The predicted octanol–water partition coefficient (Wildman–Crippen LogP) is 2.96. The summed E-state index contributed by atoms with van der Waals surface area (Å²) in [5.41, 5.74) is 6.53. The molecule has 0 unspecified atom stereocenters. The largest absolute Gasteiger partial charge is 0.486 e. The first-order valence-corrected chi connectivity index (χ1v) is 10.1. The van der Waals surface area contributed by atoms with Crippen molar-refractivity contribution in [3.63, 3.8) is 0 Å². The zero-order valence-electron chi connectivity index (χ0n) is 17.8. The molecule has 4 rings (SSSR count). The lowest BCUT2D eigenvalue weighted by Gasteiger charge is -2.21. The number of benzene rings is 2. The number of nitrogens with one attached hydrogen (secondary N) is 1. The van der Waals surface area contributed by atoms with Gasteiger partial charge in [0.2, 0.25) is 0 Å². The third kappa shape index (κ3) is 5.45. The lowest BCUT2D eigenvalue weighted by atomic mass is 10.1. The first-order chi connectivity index (χ1) is 15.3. The SMILES string of the molecule is CC(C)CNc1cc2c(cc1C(=O)O)OCCO2.Nc1cc2c(cc1C(=O)O)OCCO2. The van der Waals surface area contributed by atoms with Crippen molar-refractivity contribution in [2.24, 2.45) is 5.92 Å². The number of nitrogens with two attached hydrogens (primary N) is 1. The molecule has 10 heteroatoms. The van der Waals surface area contributed by atoms with Crippen molar-refractivity contribution in [2.75, 3.05) is 44.0 Å². The molecule has 2 heterocycles. The Balaban J connectivity index is 0.000000186. The Morgan fingerprint density at radius 3 is 1.75 bits per heavy atom. The van der Waals surface area contributed by atoms with Gasteiger partial charge in [0.1, 0.15) is 26.4 Å². The zero-order valence-corrected chi connectivity index (χ0v) is 17.8. The quantitative estimate of drug-likeness (QED) is 0.505. The number of anilines is 2. The van der Waals surface area contributed by atoms with Gasteiger partial charge >= 0.3 is 11.9 Å². The van der Waals surface area contributed by atoms with Crippen LogP contribution in [0.15, 0.2) is 24.3 Å². The van der Waals surface area contributed by atoms with Gasteiger partial charge in [-0.25, -0.2) is 9.59 Å². The average molecular weight is 446 g/mol. The highest BCUT2D eigenvalue weighted by Gasteiger charge is 2.20. The molecule has 0 saturated heterocycles. The Morgan fingerprint density at radius 1 is 0.844 bits per heavy atom. The smallest absolute Gasteiger partial charge is 0.337 e. The van der Waals surface area contributed by atoms with Crippen molar-refractivity contribution >= 4 is 23.3 Å². The van der Waals surface area contributed by atoms with Gasteiger partial charge in [-0.15, -0.1) is 0 Å². The van der Waals surface area contributed by atoms with Gasteiger partial charge in [-0.1, -0.05) is 13.8 Å². The number of aromatic carboxylic acids is 2. The average Bonchev–Trinajstić information content (AvgIpc) is 2.76. The maximum atomic E-state index is 11.2. The second-order valence-corrected chi connectivity index (χ2v) is 7.51. The van der Waals surface area contributed by atoms with E-state index in [1.807, 2.05) is 0 Å². The van der Waals surface area contributed by atoms with Crippen molar-refractivity contribution < 1.29 is 38.7 Å². The minimum Gasteiger partial charge on any atom is -0.486 e. The molecule has 0 bridgehead atoms. The van der Waals surface area contributed by atoms with E-state index in [4.69, 9.17) is 29.8 Å². The van der Waals surface area contributed by atoms with Crippen molar-refractivity contribution in [3.05, 3.63) is 35.4 Å². The van der Waals surface area contributed by atoms with E-state index in [2.05, 4.69) is 19.2 Å². The van der Waals surface area contributed by atoms with Crippen LogP contribution in [0.4, 0.5) is 11.4 Å². The molecule has 0 amide bonds. The van der Waals surface area contributed by atoms with E-state index in [-0.39, 0.29) is 16.8 Å². The highest BCUT2D eigenvalue weighted by atomic mass is 16.6. The summed E-state index contributed by atoms with van der Waals surface area (Å²) in [5, 5.41) is 21.1. The van der Waals surface area contributed by atoms with Gasteiger partial charge < -0.3 is 40.2 Å². The van der Waals surface area contributed by atoms with Crippen LogP contribution in [0.25, 0.3) is 0 Å². The normalized spacial score (nSPS) is 13.6. The van der Waals surface area contributed by atoms with E-state index in [1.165, 1.54) is 18.2 Å². The molecule has 2 aromatic rings. The first kappa shape index (κ1) is 22.9. The summed E-state index contributed by atoms with van der Waals surface area (Å²) in [6.45, 7) is 6.65. The van der Waals surface area contributed by atoms with Crippen molar-refractivity contribution in [1.29, 1.82) is 0 Å². The third-order valence-electron chi connectivity index (χ3n) is 4.56. The monoisotopic (exact) mass is 446 g/mol. The number of hydrogen-bond donors (Lipinski definition) is 4. The maximum absolute atomic E-state index is 11.2. The number of carbonyl (C=O) groups is 2. The van der Waals surface area contributed by atoms with Crippen LogP contribution in [0, 0.1) is 5.92 Å². The zero-order chi connectivity index (χ0) is 23.3. The summed E-state index contributed by atoms with van der Waals surface area (Å²) in [5.74, 6) is 0.408. The van der Waals surface area contributed by atoms with Crippen molar-refractivity contribution in [1.82, 2.24) is 0 Å². The Bertz CT molecular complexity index is 1010. The summed E-state index contributed by atoms with van der Waals surface area (Å²) >= 11 is 0. The number of ether oxygens (including phenoxy) is 4. The summed E-state index contributed by atoms with van der Waals surface area (Å²) in [6.07, 6.45) is 0. The van der Waals surface area contributed by atoms with E-state index in [0.717, 1.165) is 0 Å². The van der Waals surface area contributed by atoms with Gasteiger partial charge in [-0.2, -0.15) is 0 Å². The van der Waals surface area contributed by atoms with Gasteiger partial charge in [-0.05, 0) is 5.92 Å². The summed E-state index contributed by atoms with van der Waals surface area (Å²) in [7, 11) is 0. The van der Waals surface area contributed by atoms with E-state index in [1.54, 1.807) is 6.07 Å². The van der Waals surface area contributed by atoms with Crippen LogP contribution in [-0.2, 0) is 0 Å². The standard InChI is InChI=1S/C13H17NO4.C9H9NO4/c1-8(2)7-14-10-6-12-11(17-3-4-18-12)5-9(10)13(15)16;10-6-4-8-7(13-1-2-14-8)3-5(6)9(11)12/h5-6,8,14H,3-4,7H2,1-2H3,(H,15,16);3-4H,1-2,10H2,(H,11,12). The van der Waals surface area contributed by atoms with Crippen LogP contribution in [-0.4, -0.2) is 55.1 Å². The number of hydrogen-bond acceptors (Lipinski definition) is 8. The van der Waals surface area contributed by atoms with E-state index in [0.29, 0.717) is 67.6 Å². The molecule has 0 aliphatic carbocycles. The first-order valence-electron chi connectivity index (χ1n) is 10.1. The molecule has 172 valence electrons. The molecule has 10 nitrogen and oxygen atoms in total. The second kappa shape index (κ2) is 9.99. The molecule has 0 aromatic heterocycles. The highest BCUT2D eigenvalue weighted by molar-refractivity contribution is 5.95. The molecule has 0 radical (unpaired) electrons. The molecule has 32 heavy (non-hydrogen) atoms. The van der Waals surface area contributed by atoms with Gasteiger partial charge in [0.05, 0.1) is 22.5 Å². The van der Waals surface area contributed by atoms with Crippen LogP contribution in [0.5, 0.6) is 23.0 Å². The molecule has 0 fully saturated rings. The molecule has 5 N–H and O–H groups in total. The van der Waals surface area contributed by atoms with Gasteiger partial charge in [0.15, 0.2) is 23.0 Å².